The van der Waals surface area contributed by atoms with Crippen LogP contribution in [-0.4, -0.2) is 22.9 Å². The summed E-state index contributed by atoms with van der Waals surface area (Å²) in [5.74, 6) is 0.391. The molecule has 0 N–H and O–H groups in total. The Bertz CT molecular complexity index is 844. The molecule has 122 valence electrons. The van der Waals surface area contributed by atoms with Gasteiger partial charge >= 0.3 is 5.97 Å². The standard InChI is InChI=1S/C19H18N2O2S/c1-21-18(10-11-20-21)14-8-9-15(17(12-14)19(22)23-2)13-24-16-6-4-3-5-7-16/h3-12H,13H2,1-2H3. The van der Waals surface area contributed by atoms with E-state index in [1.165, 1.54) is 12.0 Å². The van der Waals surface area contributed by atoms with Crippen LogP contribution in [0.1, 0.15) is 15.9 Å². The Kier molecular flexibility index (Phi) is 5.01. The van der Waals surface area contributed by atoms with E-state index >= 15 is 0 Å². The minimum atomic E-state index is -0.317. The van der Waals surface area contributed by atoms with Crippen LogP contribution in [0.15, 0.2) is 65.7 Å². The van der Waals surface area contributed by atoms with E-state index in [1.54, 1.807) is 22.6 Å². The van der Waals surface area contributed by atoms with Crippen LogP contribution in [0.2, 0.25) is 0 Å². The average molecular weight is 338 g/mol. The molecule has 0 radical (unpaired) electrons. The molecule has 1 aromatic heterocycles. The first kappa shape index (κ1) is 16.3. The maximum absolute atomic E-state index is 12.2. The molecule has 0 amide bonds. The van der Waals surface area contributed by atoms with Gasteiger partial charge in [-0.15, -0.1) is 11.8 Å². The van der Waals surface area contributed by atoms with Crippen molar-refractivity contribution in [1.29, 1.82) is 0 Å². The summed E-state index contributed by atoms with van der Waals surface area (Å²) in [6.45, 7) is 0. The summed E-state index contributed by atoms with van der Waals surface area (Å²) in [6.07, 6.45) is 1.74. The van der Waals surface area contributed by atoms with E-state index in [0.717, 1.165) is 16.8 Å². The fourth-order valence-electron chi connectivity index (χ4n) is 2.50. The van der Waals surface area contributed by atoms with Gasteiger partial charge in [0.05, 0.1) is 18.4 Å². The normalized spacial score (nSPS) is 10.6. The molecule has 3 aromatic rings. The van der Waals surface area contributed by atoms with Gasteiger partial charge in [-0.3, -0.25) is 4.68 Å². The summed E-state index contributed by atoms with van der Waals surface area (Å²) < 4.78 is 6.75. The first-order valence-corrected chi connectivity index (χ1v) is 8.55. The average Bonchev–Trinajstić information content (AvgIpc) is 3.06. The molecule has 0 aliphatic rings. The summed E-state index contributed by atoms with van der Waals surface area (Å²) in [4.78, 5) is 13.4. The number of ether oxygens (including phenoxy) is 1. The Morgan fingerprint density at radius 1 is 1.17 bits per heavy atom. The lowest BCUT2D eigenvalue weighted by Crippen LogP contribution is -2.06. The summed E-state index contributed by atoms with van der Waals surface area (Å²) in [5, 5.41) is 4.18. The van der Waals surface area contributed by atoms with Crippen LogP contribution in [0, 0.1) is 0 Å². The zero-order valence-electron chi connectivity index (χ0n) is 13.6. The van der Waals surface area contributed by atoms with Crippen LogP contribution >= 0.6 is 11.8 Å². The third-order valence-corrected chi connectivity index (χ3v) is 4.83. The van der Waals surface area contributed by atoms with Gasteiger partial charge in [0.2, 0.25) is 0 Å². The van der Waals surface area contributed by atoms with E-state index in [-0.39, 0.29) is 5.97 Å². The Morgan fingerprint density at radius 3 is 2.62 bits per heavy atom. The number of carbonyl (C=O) groups excluding carboxylic acids is 1. The van der Waals surface area contributed by atoms with Gasteiger partial charge in [-0.25, -0.2) is 4.79 Å². The topological polar surface area (TPSA) is 44.1 Å². The van der Waals surface area contributed by atoms with Crippen molar-refractivity contribution in [2.24, 2.45) is 7.05 Å². The molecule has 2 aromatic carbocycles. The number of esters is 1. The molecular formula is C19H18N2O2S. The molecule has 24 heavy (non-hydrogen) atoms. The van der Waals surface area contributed by atoms with Crippen molar-refractivity contribution in [2.45, 2.75) is 10.6 Å². The van der Waals surface area contributed by atoms with Gasteiger partial charge in [-0.1, -0.05) is 30.3 Å². The lowest BCUT2D eigenvalue weighted by molar-refractivity contribution is 0.0600. The molecule has 0 atom stereocenters. The van der Waals surface area contributed by atoms with Crippen LogP contribution in [0.4, 0.5) is 0 Å². The van der Waals surface area contributed by atoms with Crippen molar-refractivity contribution in [1.82, 2.24) is 9.78 Å². The number of aryl methyl sites for hydroxylation is 1. The predicted octanol–water partition coefficient (Wildman–Crippen LogP) is 4.17. The lowest BCUT2D eigenvalue weighted by Gasteiger charge is -2.11. The van der Waals surface area contributed by atoms with Gasteiger partial charge in [0.25, 0.3) is 0 Å². The highest BCUT2D eigenvalue weighted by molar-refractivity contribution is 7.98. The van der Waals surface area contributed by atoms with Gasteiger partial charge in [0, 0.05) is 29.5 Å². The molecule has 0 saturated carbocycles. The van der Waals surface area contributed by atoms with Crippen LogP contribution in [-0.2, 0) is 17.5 Å². The van der Waals surface area contributed by atoms with Crippen molar-refractivity contribution >= 4 is 17.7 Å². The number of rotatable bonds is 5. The highest BCUT2D eigenvalue weighted by Crippen LogP contribution is 2.28. The summed E-state index contributed by atoms with van der Waals surface area (Å²) in [7, 11) is 3.29. The smallest absolute Gasteiger partial charge is 0.338 e. The molecule has 0 aliphatic carbocycles. The molecule has 0 spiro atoms. The van der Waals surface area contributed by atoms with Crippen LogP contribution in [0.25, 0.3) is 11.3 Å². The molecule has 0 unspecified atom stereocenters. The number of methoxy groups -OCH3 is 1. The van der Waals surface area contributed by atoms with E-state index in [9.17, 15) is 4.79 Å². The first-order chi connectivity index (χ1) is 11.7. The van der Waals surface area contributed by atoms with E-state index in [4.69, 9.17) is 4.74 Å². The Balaban J connectivity index is 1.91. The molecule has 0 aliphatic heterocycles. The second kappa shape index (κ2) is 7.36. The number of thioether (sulfide) groups is 1. The maximum Gasteiger partial charge on any atom is 0.338 e. The van der Waals surface area contributed by atoms with Gasteiger partial charge in [0.15, 0.2) is 0 Å². The third-order valence-electron chi connectivity index (χ3n) is 3.77. The molecule has 5 heteroatoms. The van der Waals surface area contributed by atoms with Crippen molar-refractivity contribution < 1.29 is 9.53 Å². The number of benzene rings is 2. The van der Waals surface area contributed by atoms with Crippen LogP contribution < -0.4 is 0 Å². The van der Waals surface area contributed by atoms with Gasteiger partial charge in [0.1, 0.15) is 0 Å². The van der Waals surface area contributed by atoms with Crippen LogP contribution in [0.5, 0.6) is 0 Å². The van der Waals surface area contributed by atoms with Gasteiger partial charge in [-0.2, -0.15) is 5.10 Å². The number of hydrogen-bond acceptors (Lipinski definition) is 4. The molecule has 0 fully saturated rings. The Morgan fingerprint density at radius 2 is 1.96 bits per heavy atom. The Hall–Kier alpha value is -2.53. The Labute approximate surface area is 145 Å². The molecule has 1 heterocycles. The molecular weight excluding hydrogens is 320 g/mol. The van der Waals surface area contributed by atoms with Crippen molar-refractivity contribution in [3.63, 3.8) is 0 Å². The summed E-state index contributed by atoms with van der Waals surface area (Å²) in [6, 6.07) is 17.9. The van der Waals surface area contributed by atoms with Crippen molar-refractivity contribution in [3.05, 3.63) is 71.9 Å². The first-order valence-electron chi connectivity index (χ1n) is 7.56. The molecule has 3 rings (SSSR count). The number of aromatic nitrogens is 2. The number of carbonyl (C=O) groups is 1. The van der Waals surface area contributed by atoms with E-state index in [2.05, 4.69) is 17.2 Å². The van der Waals surface area contributed by atoms with Gasteiger partial charge < -0.3 is 4.74 Å². The second-order valence-electron chi connectivity index (χ2n) is 5.31. The second-order valence-corrected chi connectivity index (χ2v) is 6.35. The van der Waals surface area contributed by atoms with E-state index in [1.807, 2.05) is 49.5 Å². The number of hydrogen-bond donors (Lipinski definition) is 0. The zero-order valence-corrected chi connectivity index (χ0v) is 14.4. The maximum atomic E-state index is 12.2. The van der Waals surface area contributed by atoms with E-state index in [0.29, 0.717) is 11.3 Å². The highest BCUT2D eigenvalue weighted by Gasteiger charge is 2.15. The minimum Gasteiger partial charge on any atom is -0.465 e. The fraction of sp³-hybridized carbons (Fsp3) is 0.158. The lowest BCUT2D eigenvalue weighted by atomic mass is 10.0. The molecule has 0 saturated heterocycles. The minimum absolute atomic E-state index is 0.317. The van der Waals surface area contributed by atoms with E-state index < -0.39 is 0 Å². The highest BCUT2D eigenvalue weighted by atomic mass is 32.2. The third kappa shape index (κ3) is 3.51. The fourth-order valence-corrected chi connectivity index (χ4v) is 3.42. The predicted molar refractivity (Wildman–Crippen MR) is 96.0 cm³/mol. The van der Waals surface area contributed by atoms with Crippen LogP contribution in [0.3, 0.4) is 0 Å². The number of nitrogens with zero attached hydrogens (tertiary/aromatic N) is 2. The zero-order chi connectivity index (χ0) is 16.9. The summed E-state index contributed by atoms with van der Waals surface area (Å²) in [5.41, 5.74) is 3.47. The SMILES string of the molecule is COC(=O)c1cc(-c2ccnn2C)ccc1CSc1ccccc1. The van der Waals surface area contributed by atoms with Crippen molar-refractivity contribution in [2.75, 3.05) is 7.11 Å². The summed E-state index contributed by atoms with van der Waals surface area (Å²) >= 11 is 1.70. The molecule has 4 nitrogen and oxygen atoms in total. The largest absolute Gasteiger partial charge is 0.465 e. The van der Waals surface area contributed by atoms with Gasteiger partial charge in [-0.05, 0) is 29.8 Å². The van der Waals surface area contributed by atoms with Crippen molar-refractivity contribution in [3.8, 4) is 11.3 Å². The monoisotopic (exact) mass is 338 g/mol. The molecule has 0 bridgehead atoms. The quantitative estimate of drug-likeness (QED) is 0.517.